The van der Waals surface area contributed by atoms with Gasteiger partial charge in [0.2, 0.25) is 0 Å². The lowest BCUT2D eigenvalue weighted by molar-refractivity contribution is -0.870. The fourth-order valence-electron chi connectivity index (χ4n) is 0.671. The Morgan fingerprint density at radius 1 is 1.11 bits per heavy atom. The van der Waals surface area contributed by atoms with Gasteiger partial charge in [-0.1, -0.05) is 6.92 Å². The van der Waals surface area contributed by atoms with Crippen LogP contribution in [0.3, 0.4) is 0 Å². The van der Waals surface area contributed by atoms with E-state index in [0.29, 0.717) is 0 Å². The summed E-state index contributed by atoms with van der Waals surface area (Å²) in [7, 11) is 6.64. The van der Waals surface area contributed by atoms with Crippen molar-refractivity contribution in [2.45, 2.75) is 13.3 Å². The second-order valence-electron chi connectivity index (χ2n) is 3.01. The molecule has 0 aromatic rings. The zero-order valence-corrected chi connectivity index (χ0v) is 7.50. The second kappa shape index (κ2) is 6.33. The fraction of sp³-hybridized carbons (Fsp3) is 1.00. The van der Waals surface area contributed by atoms with Crippen LogP contribution in [-0.4, -0.2) is 37.6 Å². The van der Waals surface area contributed by atoms with Crippen molar-refractivity contribution in [1.82, 2.24) is 0 Å². The average molecular weight is 156 g/mol. The van der Waals surface area contributed by atoms with Gasteiger partial charge < -0.3 is 22.4 Å². The molecule has 60 valence electrons. The molecule has 0 bridgehead atoms. The molecule has 0 aromatic carbocycles. The lowest BCUT2D eigenvalue weighted by Crippen LogP contribution is -3.00. The predicted molar refractivity (Wildman–Crippen MR) is 36.8 cm³/mol. The molecule has 0 atom stereocenters. The van der Waals surface area contributed by atoms with E-state index in [1.807, 2.05) is 0 Å². The van der Waals surface area contributed by atoms with Crippen LogP contribution in [0.4, 0.5) is 0 Å². The smallest absolute Gasteiger partial charge is 0.0777 e. The van der Waals surface area contributed by atoms with Crippen molar-refractivity contribution in [2.24, 2.45) is 0 Å². The van der Waals surface area contributed by atoms with Crippen LogP contribution in [0.15, 0.2) is 0 Å². The summed E-state index contributed by atoms with van der Waals surface area (Å²) in [5.41, 5.74) is 0. The summed E-state index contributed by atoms with van der Waals surface area (Å²) in [4.78, 5) is 0. The molecule has 9 heavy (non-hydrogen) atoms. The zero-order valence-electron chi connectivity index (χ0n) is 6.74. The Balaban J connectivity index is -0.000000180. The molecule has 0 fully saturated rings. The maximum absolute atomic E-state index is 2.21. The van der Waals surface area contributed by atoms with Gasteiger partial charge in [0.05, 0.1) is 27.7 Å². The molecular weight excluding hydrogens is 138 g/mol. The van der Waals surface area contributed by atoms with Gasteiger partial charge in [-0.3, -0.25) is 0 Å². The summed E-state index contributed by atoms with van der Waals surface area (Å²) < 4.78 is 1.09. The van der Waals surface area contributed by atoms with Crippen LogP contribution in [0.1, 0.15) is 13.3 Å². The van der Waals surface area contributed by atoms with Gasteiger partial charge in [0.15, 0.2) is 0 Å². The number of hydrogen-bond donors (Lipinski definition) is 0. The molecule has 0 spiro atoms. The van der Waals surface area contributed by atoms with Crippen molar-refractivity contribution in [3.8, 4) is 0 Å². The topological polar surface area (TPSA) is 31.5 Å². The largest absolute Gasteiger partial charge is 1.00 e. The molecule has 0 saturated heterocycles. The van der Waals surface area contributed by atoms with E-state index >= 15 is 0 Å². The van der Waals surface area contributed by atoms with E-state index in [1.165, 1.54) is 13.0 Å². The van der Waals surface area contributed by atoms with Crippen LogP contribution in [0.2, 0.25) is 0 Å². The number of hydrogen-bond acceptors (Lipinski definition) is 0. The third-order valence-corrected chi connectivity index (χ3v) is 0.894. The highest BCUT2D eigenvalue weighted by Crippen LogP contribution is 1.90. The summed E-state index contributed by atoms with van der Waals surface area (Å²) in [5.74, 6) is 0. The average Bonchev–Trinajstić information content (AvgIpc) is 1.30. The molecule has 2 nitrogen and oxygen atoms in total. The van der Waals surface area contributed by atoms with Gasteiger partial charge in [-0.15, -0.1) is 0 Å². The van der Waals surface area contributed by atoms with E-state index in [4.69, 9.17) is 0 Å². The van der Waals surface area contributed by atoms with Gasteiger partial charge in [0.1, 0.15) is 0 Å². The lowest BCUT2D eigenvalue weighted by Gasteiger charge is -2.22. The van der Waals surface area contributed by atoms with Gasteiger partial charge in [-0.05, 0) is 6.42 Å². The summed E-state index contributed by atoms with van der Waals surface area (Å²) in [6, 6.07) is 0. The maximum atomic E-state index is 2.21. The van der Waals surface area contributed by atoms with Crippen molar-refractivity contribution in [1.29, 1.82) is 0 Å². The Hall–Kier alpha value is 0.210. The lowest BCUT2D eigenvalue weighted by atomic mass is 10.4. The van der Waals surface area contributed by atoms with Gasteiger partial charge in [-0.25, -0.2) is 0 Å². The van der Waals surface area contributed by atoms with Crippen LogP contribution in [0, 0.1) is 0 Å². The first-order valence-electron chi connectivity index (χ1n) is 2.86. The van der Waals surface area contributed by atoms with E-state index < -0.39 is 0 Å². The summed E-state index contributed by atoms with van der Waals surface area (Å²) >= 11 is 0. The molecule has 0 radical (unpaired) electrons. The summed E-state index contributed by atoms with van der Waals surface area (Å²) in [6.07, 6.45) is 1.28. The number of rotatable bonds is 2. The van der Waals surface area contributed by atoms with Crippen LogP contribution in [0.25, 0.3) is 0 Å². The SMILES string of the molecule is CCC[N+](C)(C)C.O.[Cl-]. The molecule has 0 unspecified atom stereocenters. The van der Waals surface area contributed by atoms with Crippen molar-refractivity contribution in [3.63, 3.8) is 0 Å². The quantitative estimate of drug-likeness (QED) is 0.389. The van der Waals surface area contributed by atoms with Crippen LogP contribution in [0.5, 0.6) is 0 Å². The molecule has 0 aliphatic carbocycles. The molecule has 3 heteroatoms. The van der Waals surface area contributed by atoms with E-state index in [-0.39, 0.29) is 17.9 Å². The van der Waals surface area contributed by atoms with Gasteiger partial charge >= 0.3 is 0 Å². The molecule has 0 saturated carbocycles. The van der Waals surface area contributed by atoms with E-state index in [1.54, 1.807) is 0 Å². The first-order chi connectivity index (χ1) is 3.06. The molecule has 0 aliphatic rings. The predicted octanol–water partition coefficient (Wildman–Crippen LogP) is -2.72. The van der Waals surface area contributed by atoms with Gasteiger partial charge in [0.25, 0.3) is 0 Å². The van der Waals surface area contributed by atoms with Crippen molar-refractivity contribution < 1.29 is 22.4 Å². The zero-order chi connectivity index (χ0) is 5.91. The Bertz CT molecular complexity index is 51.5. The molecular formula is C6H18ClNO. The minimum atomic E-state index is 0. The monoisotopic (exact) mass is 155 g/mol. The molecule has 0 aromatic heterocycles. The highest BCUT2D eigenvalue weighted by atomic mass is 35.5. The molecule has 0 amide bonds. The third kappa shape index (κ3) is 17.9. The summed E-state index contributed by atoms with van der Waals surface area (Å²) in [6.45, 7) is 3.49. The van der Waals surface area contributed by atoms with E-state index in [0.717, 1.165) is 4.48 Å². The first kappa shape index (κ1) is 16.1. The molecule has 0 rings (SSSR count). The van der Waals surface area contributed by atoms with Crippen molar-refractivity contribution >= 4 is 0 Å². The Labute approximate surface area is 64.2 Å². The second-order valence-corrected chi connectivity index (χ2v) is 3.01. The third-order valence-electron chi connectivity index (χ3n) is 0.894. The van der Waals surface area contributed by atoms with Gasteiger partial charge in [0, 0.05) is 0 Å². The number of nitrogens with zero attached hydrogens (tertiary/aromatic N) is 1. The number of halogens is 1. The van der Waals surface area contributed by atoms with Crippen LogP contribution < -0.4 is 12.4 Å². The van der Waals surface area contributed by atoms with Crippen molar-refractivity contribution in [2.75, 3.05) is 27.7 Å². The standard InChI is InChI=1S/C6H16N.ClH.H2O/c1-5-6-7(2,3)4;;/h5-6H2,1-4H3;1H;1H2/q+1;;/p-1. The Morgan fingerprint density at radius 2 is 1.44 bits per heavy atom. The highest BCUT2D eigenvalue weighted by molar-refractivity contribution is 4.20. The normalized spacial score (nSPS) is 9.33. The number of quaternary nitrogens is 1. The fourth-order valence-corrected chi connectivity index (χ4v) is 0.671. The molecule has 0 heterocycles. The Morgan fingerprint density at radius 3 is 1.44 bits per heavy atom. The Kier molecular flexibility index (Phi) is 11.3. The van der Waals surface area contributed by atoms with E-state index in [2.05, 4.69) is 28.1 Å². The first-order valence-corrected chi connectivity index (χ1v) is 2.86. The van der Waals surface area contributed by atoms with E-state index in [9.17, 15) is 0 Å². The van der Waals surface area contributed by atoms with Crippen LogP contribution >= 0.6 is 0 Å². The highest BCUT2D eigenvalue weighted by Gasteiger charge is 2.01. The van der Waals surface area contributed by atoms with Gasteiger partial charge in [-0.2, -0.15) is 0 Å². The maximum Gasteiger partial charge on any atom is 0.0777 e. The minimum absolute atomic E-state index is 0. The molecule has 2 N–H and O–H groups in total. The van der Waals surface area contributed by atoms with Crippen molar-refractivity contribution in [3.05, 3.63) is 0 Å². The van der Waals surface area contributed by atoms with Crippen LogP contribution in [-0.2, 0) is 0 Å². The summed E-state index contributed by atoms with van der Waals surface area (Å²) in [5, 5.41) is 0. The minimum Gasteiger partial charge on any atom is -1.00 e. The molecule has 0 aliphatic heterocycles.